The Kier molecular flexibility index (Phi) is 5.31. The molecule has 1 fully saturated rings. The summed E-state index contributed by atoms with van der Waals surface area (Å²) in [6.45, 7) is 1.20. The van der Waals surface area contributed by atoms with Gasteiger partial charge in [0.1, 0.15) is 5.82 Å². The second-order valence-corrected chi connectivity index (χ2v) is 5.28. The molecule has 1 saturated heterocycles. The molecule has 4 nitrogen and oxygen atoms in total. The van der Waals surface area contributed by atoms with Crippen LogP contribution in [0.15, 0.2) is 24.3 Å². The van der Waals surface area contributed by atoms with E-state index in [1.165, 1.54) is 13.2 Å². The Labute approximate surface area is 123 Å². The highest BCUT2D eigenvalue weighted by Crippen LogP contribution is 2.29. The molecule has 1 aliphatic rings. The summed E-state index contributed by atoms with van der Waals surface area (Å²) in [5.41, 5.74) is 0.683. The van der Waals surface area contributed by atoms with Crippen molar-refractivity contribution >= 4 is 11.9 Å². The maximum absolute atomic E-state index is 13.7. The molecule has 2 rings (SSSR count). The number of rotatable bonds is 5. The van der Waals surface area contributed by atoms with E-state index < -0.39 is 0 Å². The normalized spacial score (nSPS) is 17.8. The van der Waals surface area contributed by atoms with Crippen LogP contribution in [0.3, 0.4) is 0 Å². The van der Waals surface area contributed by atoms with Crippen LogP contribution in [0.5, 0.6) is 0 Å². The third kappa shape index (κ3) is 4.03. The first kappa shape index (κ1) is 15.5. The SMILES string of the molecule is COC(=O)CCCC(=O)N1CC[C@H](c2ccccc2F)C1. The first-order valence-electron chi connectivity index (χ1n) is 7.21. The van der Waals surface area contributed by atoms with E-state index in [2.05, 4.69) is 4.74 Å². The van der Waals surface area contributed by atoms with Crippen LogP contribution in [0, 0.1) is 5.82 Å². The van der Waals surface area contributed by atoms with Gasteiger partial charge < -0.3 is 9.64 Å². The third-order valence-electron chi connectivity index (χ3n) is 3.89. The van der Waals surface area contributed by atoms with Crippen molar-refractivity contribution in [1.29, 1.82) is 0 Å². The van der Waals surface area contributed by atoms with E-state index in [9.17, 15) is 14.0 Å². The fraction of sp³-hybridized carbons (Fsp3) is 0.500. The topological polar surface area (TPSA) is 46.6 Å². The molecule has 0 N–H and O–H groups in total. The van der Waals surface area contributed by atoms with Crippen LogP contribution in [0.4, 0.5) is 4.39 Å². The maximum Gasteiger partial charge on any atom is 0.305 e. The molecule has 0 aliphatic carbocycles. The Bertz CT molecular complexity index is 518. The van der Waals surface area contributed by atoms with E-state index in [0.717, 1.165) is 6.42 Å². The zero-order valence-electron chi connectivity index (χ0n) is 12.2. The fourth-order valence-electron chi connectivity index (χ4n) is 2.69. The number of halogens is 1. The molecule has 1 atom stereocenters. The van der Waals surface area contributed by atoms with Crippen molar-refractivity contribution in [3.8, 4) is 0 Å². The third-order valence-corrected chi connectivity index (χ3v) is 3.89. The van der Waals surface area contributed by atoms with Gasteiger partial charge in [-0.05, 0) is 24.5 Å². The zero-order valence-corrected chi connectivity index (χ0v) is 12.2. The number of carbonyl (C=O) groups excluding carboxylic acids is 2. The van der Waals surface area contributed by atoms with E-state index >= 15 is 0 Å². The van der Waals surface area contributed by atoms with E-state index in [-0.39, 0.29) is 30.0 Å². The minimum absolute atomic E-state index is 0.0257. The average Bonchev–Trinajstić information content (AvgIpc) is 2.97. The van der Waals surface area contributed by atoms with Crippen LogP contribution in [0.2, 0.25) is 0 Å². The van der Waals surface area contributed by atoms with Crippen LogP contribution in [0.25, 0.3) is 0 Å². The van der Waals surface area contributed by atoms with Crippen molar-refractivity contribution in [2.24, 2.45) is 0 Å². The molecule has 1 heterocycles. The molecule has 1 aromatic carbocycles. The molecule has 21 heavy (non-hydrogen) atoms. The van der Waals surface area contributed by atoms with Crippen molar-refractivity contribution in [1.82, 2.24) is 4.90 Å². The lowest BCUT2D eigenvalue weighted by Crippen LogP contribution is -2.28. The number of nitrogens with zero attached hydrogens (tertiary/aromatic N) is 1. The molecule has 0 radical (unpaired) electrons. The maximum atomic E-state index is 13.7. The van der Waals surface area contributed by atoms with Crippen molar-refractivity contribution in [3.05, 3.63) is 35.6 Å². The van der Waals surface area contributed by atoms with Crippen molar-refractivity contribution < 1.29 is 18.7 Å². The number of carbonyl (C=O) groups is 2. The highest BCUT2D eigenvalue weighted by atomic mass is 19.1. The molecule has 0 bridgehead atoms. The van der Waals surface area contributed by atoms with E-state index in [1.54, 1.807) is 17.0 Å². The largest absolute Gasteiger partial charge is 0.469 e. The highest BCUT2D eigenvalue weighted by Gasteiger charge is 2.28. The lowest BCUT2D eigenvalue weighted by molar-refractivity contribution is -0.140. The first-order valence-corrected chi connectivity index (χ1v) is 7.21. The van der Waals surface area contributed by atoms with Gasteiger partial charge in [0.05, 0.1) is 7.11 Å². The average molecular weight is 293 g/mol. The van der Waals surface area contributed by atoms with E-state index in [0.29, 0.717) is 31.5 Å². The minimum atomic E-state index is -0.298. The minimum Gasteiger partial charge on any atom is -0.469 e. The molecule has 5 heteroatoms. The summed E-state index contributed by atoms with van der Waals surface area (Å²) in [5, 5.41) is 0. The first-order chi connectivity index (χ1) is 10.1. The zero-order chi connectivity index (χ0) is 15.2. The molecule has 1 amide bonds. The van der Waals surface area contributed by atoms with Gasteiger partial charge in [-0.3, -0.25) is 9.59 Å². The number of ether oxygens (including phenoxy) is 1. The van der Waals surface area contributed by atoms with Crippen LogP contribution in [0.1, 0.15) is 37.2 Å². The monoisotopic (exact) mass is 293 g/mol. The summed E-state index contributed by atoms with van der Waals surface area (Å²) in [4.78, 5) is 24.8. The van der Waals surface area contributed by atoms with Crippen LogP contribution in [-0.4, -0.2) is 37.0 Å². The Morgan fingerprint density at radius 3 is 2.81 bits per heavy atom. The van der Waals surface area contributed by atoms with Crippen LogP contribution >= 0.6 is 0 Å². The smallest absolute Gasteiger partial charge is 0.305 e. The summed E-state index contributed by atoms with van der Waals surface area (Å²) < 4.78 is 18.3. The Morgan fingerprint density at radius 2 is 2.10 bits per heavy atom. The van der Waals surface area contributed by atoms with Gasteiger partial charge in [0.2, 0.25) is 5.91 Å². The number of likely N-dealkylation sites (tertiary alicyclic amines) is 1. The second kappa shape index (κ2) is 7.20. The molecule has 0 saturated carbocycles. The number of esters is 1. The summed E-state index contributed by atoms with van der Waals surface area (Å²) in [6, 6.07) is 6.73. The number of hydrogen-bond acceptors (Lipinski definition) is 3. The van der Waals surface area contributed by atoms with Crippen LogP contribution < -0.4 is 0 Å². The van der Waals surface area contributed by atoms with Gasteiger partial charge in [0.15, 0.2) is 0 Å². The number of methoxy groups -OCH3 is 1. The number of benzene rings is 1. The van der Waals surface area contributed by atoms with Crippen molar-refractivity contribution in [3.63, 3.8) is 0 Å². The van der Waals surface area contributed by atoms with Crippen LogP contribution in [-0.2, 0) is 14.3 Å². The molecular weight excluding hydrogens is 273 g/mol. The summed E-state index contributed by atoms with van der Waals surface area (Å²) in [5.74, 6) is -0.413. The Balaban J connectivity index is 1.83. The van der Waals surface area contributed by atoms with Gasteiger partial charge in [-0.1, -0.05) is 18.2 Å². The second-order valence-electron chi connectivity index (χ2n) is 5.28. The Morgan fingerprint density at radius 1 is 1.33 bits per heavy atom. The summed E-state index contributed by atoms with van der Waals surface area (Å²) >= 11 is 0. The molecule has 1 aromatic rings. The summed E-state index contributed by atoms with van der Waals surface area (Å²) in [6.07, 6.45) is 1.86. The predicted octanol–water partition coefficient (Wildman–Crippen LogP) is 2.48. The van der Waals surface area contributed by atoms with Gasteiger partial charge in [0, 0.05) is 31.8 Å². The van der Waals surface area contributed by atoms with Gasteiger partial charge in [-0.15, -0.1) is 0 Å². The molecule has 114 valence electrons. The lowest BCUT2D eigenvalue weighted by atomic mass is 9.98. The van der Waals surface area contributed by atoms with Crippen molar-refractivity contribution in [2.45, 2.75) is 31.6 Å². The summed E-state index contributed by atoms with van der Waals surface area (Å²) in [7, 11) is 1.34. The number of hydrogen-bond donors (Lipinski definition) is 0. The van der Waals surface area contributed by atoms with Gasteiger partial charge in [0.25, 0.3) is 0 Å². The van der Waals surface area contributed by atoms with Gasteiger partial charge in [-0.25, -0.2) is 4.39 Å². The molecular formula is C16H20FNO3. The predicted molar refractivity (Wildman–Crippen MR) is 76.2 cm³/mol. The lowest BCUT2D eigenvalue weighted by Gasteiger charge is -2.17. The van der Waals surface area contributed by atoms with E-state index in [4.69, 9.17) is 0 Å². The standard InChI is InChI=1S/C16H20FNO3/c1-21-16(20)8-4-7-15(19)18-10-9-12(11-18)13-5-2-3-6-14(13)17/h2-3,5-6,12H,4,7-11H2,1H3/t12-/m0/s1. The van der Waals surface area contributed by atoms with E-state index in [1.807, 2.05) is 6.07 Å². The fourth-order valence-corrected chi connectivity index (χ4v) is 2.69. The quantitative estimate of drug-likeness (QED) is 0.784. The van der Waals surface area contributed by atoms with Crippen molar-refractivity contribution in [2.75, 3.05) is 20.2 Å². The van der Waals surface area contributed by atoms with Gasteiger partial charge in [-0.2, -0.15) is 0 Å². The van der Waals surface area contributed by atoms with Gasteiger partial charge >= 0.3 is 5.97 Å². The molecule has 1 aliphatic heterocycles. The molecule has 0 spiro atoms. The molecule has 0 unspecified atom stereocenters. The molecule has 0 aromatic heterocycles. The highest BCUT2D eigenvalue weighted by molar-refractivity contribution is 5.77. The Hall–Kier alpha value is -1.91. The number of amides is 1.